The molecule has 0 saturated heterocycles. The van der Waals surface area contributed by atoms with Crippen molar-refractivity contribution in [3.63, 3.8) is 0 Å². The van der Waals surface area contributed by atoms with Crippen LogP contribution in [0, 0.1) is 0 Å². The number of nitrogens with one attached hydrogen (secondary N) is 1. The number of nitrogens with zero attached hydrogens (tertiary/aromatic N) is 5. The maximum atomic E-state index is 13.3. The molecule has 38 heavy (non-hydrogen) atoms. The Bertz CT molecular complexity index is 1690. The Morgan fingerprint density at radius 2 is 1.50 bits per heavy atom. The molecular weight excluding hydrogens is 472 g/mol. The molecule has 7 nitrogen and oxygen atoms in total. The summed E-state index contributed by atoms with van der Waals surface area (Å²) in [5.41, 5.74) is 4.06. The number of hydrogen-bond acceptors (Lipinski definition) is 5. The molecule has 186 valence electrons. The van der Waals surface area contributed by atoms with Gasteiger partial charge in [-0.2, -0.15) is 10.1 Å². The second kappa shape index (κ2) is 9.78. The average molecular weight is 499 g/mol. The first-order valence-electron chi connectivity index (χ1n) is 12.4. The van der Waals surface area contributed by atoms with Crippen LogP contribution in [0.1, 0.15) is 18.1 Å². The van der Waals surface area contributed by atoms with E-state index in [2.05, 4.69) is 46.6 Å². The van der Waals surface area contributed by atoms with E-state index in [1.807, 2.05) is 72.9 Å². The van der Waals surface area contributed by atoms with Gasteiger partial charge in [0.2, 0.25) is 5.95 Å². The van der Waals surface area contributed by atoms with E-state index in [9.17, 15) is 4.79 Å². The van der Waals surface area contributed by atoms with Gasteiger partial charge in [0.15, 0.2) is 0 Å². The van der Waals surface area contributed by atoms with Crippen molar-refractivity contribution in [3.8, 4) is 5.69 Å². The number of rotatable bonds is 7. The minimum absolute atomic E-state index is 0.108. The first-order valence-corrected chi connectivity index (χ1v) is 12.4. The molecule has 6 aromatic rings. The van der Waals surface area contributed by atoms with Crippen molar-refractivity contribution >= 4 is 22.7 Å². The lowest BCUT2D eigenvalue weighted by Crippen LogP contribution is -2.35. The van der Waals surface area contributed by atoms with Crippen molar-refractivity contribution in [1.82, 2.24) is 24.3 Å². The van der Waals surface area contributed by atoms with Gasteiger partial charge in [-0.1, -0.05) is 60.7 Å². The standard InChI is InChI=1S/C31H26N6O/c1-31(24-9-4-2-5-10-24,25-11-6-3-7-12-25)22-36-28(38)18-13-23-21-32-30(35-29(23)36)34-26-14-16-27(17-15-26)37-20-8-19-33-37/h2-21H,22H2,1H3,(H,32,34,35). The Labute approximate surface area is 220 Å². The molecule has 1 N–H and O–H groups in total. The van der Waals surface area contributed by atoms with Gasteiger partial charge < -0.3 is 5.32 Å². The van der Waals surface area contributed by atoms with Gasteiger partial charge >= 0.3 is 0 Å². The van der Waals surface area contributed by atoms with Crippen molar-refractivity contribution in [2.45, 2.75) is 18.9 Å². The summed E-state index contributed by atoms with van der Waals surface area (Å²) in [4.78, 5) is 22.6. The smallest absolute Gasteiger partial charge is 0.252 e. The zero-order valence-corrected chi connectivity index (χ0v) is 20.9. The molecule has 0 fully saturated rings. The fraction of sp³-hybridized carbons (Fsp3) is 0.0968. The molecule has 0 bridgehead atoms. The number of benzene rings is 3. The minimum atomic E-state index is -0.457. The topological polar surface area (TPSA) is 77.6 Å². The van der Waals surface area contributed by atoms with Crippen LogP contribution >= 0.6 is 0 Å². The summed E-state index contributed by atoms with van der Waals surface area (Å²) < 4.78 is 3.55. The third-order valence-electron chi connectivity index (χ3n) is 6.91. The van der Waals surface area contributed by atoms with Gasteiger partial charge in [0, 0.05) is 47.7 Å². The molecule has 0 atom stereocenters. The highest BCUT2D eigenvalue weighted by Gasteiger charge is 2.30. The zero-order chi connectivity index (χ0) is 26.0. The zero-order valence-electron chi connectivity index (χ0n) is 20.9. The van der Waals surface area contributed by atoms with Gasteiger partial charge in [0.05, 0.1) is 5.69 Å². The second-order valence-electron chi connectivity index (χ2n) is 9.42. The molecule has 0 saturated carbocycles. The van der Waals surface area contributed by atoms with Gasteiger partial charge in [-0.3, -0.25) is 9.36 Å². The molecule has 3 aromatic carbocycles. The van der Waals surface area contributed by atoms with E-state index in [0.29, 0.717) is 18.1 Å². The van der Waals surface area contributed by atoms with Crippen molar-refractivity contribution < 1.29 is 0 Å². The van der Waals surface area contributed by atoms with Crippen LogP contribution in [-0.2, 0) is 12.0 Å². The quantitative estimate of drug-likeness (QED) is 0.304. The van der Waals surface area contributed by atoms with E-state index in [-0.39, 0.29) is 5.56 Å². The van der Waals surface area contributed by atoms with Crippen LogP contribution in [0.25, 0.3) is 16.7 Å². The summed E-state index contributed by atoms with van der Waals surface area (Å²) in [6.07, 6.45) is 5.39. The molecule has 0 aliphatic rings. The summed E-state index contributed by atoms with van der Waals surface area (Å²) in [6.45, 7) is 2.59. The van der Waals surface area contributed by atoms with Crippen LogP contribution < -0.4 is 10.9 Å². The SMILES string of the molecule is CC(Cn1c(=O)ccc2cnc(Nc3ccc(-n4cccn4)cc3)nc21)(c1ccccc1)c1ccccc1. The van der Waals surface area contributed by atoms with Gasteiger partial charge in [0.25, 0.3) is 5.56 Å². The Balaban J connectivity index is 1.39. The van der Waals surface area contributed by atoms with Gasteiger partial charge in [-0.25, -0.2) is 9.67 Å². The molecular formula is C31H26N6O. The van der Waals surface area contributed by atoms with Crippen LogP contribution in [0.4, 0.5) is 11.6 Å². The summed E-state index contributed by atoms with van der Waals surface area (Å²) in [5.74, 6) is 0.421. The highest BCUT2D eigenvalue weighted by molar-refractivity contribution is 5.75. The predicted molar refractivity (Wildman–Crippen MR) is 150 cm³/mol. The fourth-order valence-corrected chi connectivity index (χ4v) is 4.81. The summed E-state index contributed by atoms with van der Waals surface area (Å²) >= 11 is 0. The molecule has 0 spiro atoms. The highest BCUT2D eigenvalue weighted by Crippen LogP contribution is 2.34. The van der Waals surface area contributed by atoms with E-state index in [4.69, 9.17) is 4.98 Å². The number of anilines is 2. The van der Waals surface area contributed by atoms with E-state index in [1.165, 1.54) is 0 Å². The van der Waals surface area contributed by atoms with Crippen molar-refractivity contribution in [3.05, 3.63) is 143 Å². The molecule has 7 heteroatoms. The second-order valence-corrected chi connectivity index (χ2v) is 9.42. The Hall–Kier alpha value is -5.04. The Morgan fingerprint density at radius 3 is 2.13 bits per heavy atom. The van der Waals surface area contributed by atoms with Crippen LogP contribution in [0.5, 0.6) is 0 Å². The van der Waals surface area contributed by atoms with Crippen LogP contribution in [0.15, 0.2) is 127 Å². The fourth-order valence-electron chi connectivity index (χ4n) is 4.81. The third kappa shape index (κ3) is 4.46. The maximum Gasteiger partial charge on any atom is 0.252 e. The first kappa shape index (κ1) is 23.4. The minimum Gasteiger partial charge on any atom is -0.324 e. The van der Waals surface area contributed by atoms with E-state index < -0.39 is 5.41 Å². The first-order chi connectivity index (χ1) is 18.6. The lowest BCUT2D eigenvalue weighted by atomic mass is 9.76. The van der Waals surface area contributed by atoms with Gasteiger partial charge in [-0.05, 0) is 54.4 Å². The predicted octanol–water partition coefficient (Wildman–Crippen LogP) is 5.73. The number of aromatic nitrogens is 5. The Kier molecular flexibility index (Phi) is 6.01. The van der Waals surface area contributed by atoms with Gasteiger partial charge in [0.1, 0.15) is 5.65 Å². The third-order valence-corrected chi connectivity index (χ3v) is 6.91. The summed E-state index contributed by atoms with van der Waals surface area (Å²) in [7, 11) is 0. The van der Waals surface area contributed by atoms with Gasteiger partial charge in [-0.15, -0.1) is 0 Å². The van der Waals surface area contributed by atoms with E-state index in [0.717, 1.165) is 27.9 Å². The molecule has 0 radical (unpaired) electrons. The summed E-state index contributed by atoms with van der Waals surface area (Å²) in [5, 5.41) is 8.34. The molecule has 0 amide bonds. The Morgan fingerprint density at radius 1 is 0.816 bits per heavy atom. The molecule has 0 unspecified atom stereocenters. The van der Waals surface area contributed by atoms with Crippen LogP contribution in [0.3, 0.4) is 0 Å². The normalized spacial score (nSPS) is 11.5. The van der Waals surface area contributed by atoms with Crippen molar-refractivity contribution in [1.29, 1.82) is 0 Å². The number of pyridine rings is 1. The molecule has 0 aliphatic heterocycles. The maximum absolute atomic E-state index is 13.3. The van der Waals surface area contributed by atoms with E-state index >= 15 is 0 Å². The molecule has 3 heterocycles. The largest absolute Gasteiger partial charge is 0.324 e. The van der Waals surface area contributed by atoms with Crippen LogP contribution in [0.2, 0.25) is 0 Å². The summed E-state index contributed by atoms with van der Waals surface area (Å²) in [6, 6.07) is 33.7. The molecule has 6 rings (SSSR count). The van der Waals surface area contributed by atoms with Crippen molar-refractivity contribution in [2.24, 2.45) is 0 Å². The monoisotopic (exact) mass is 498 g/mol. The average Bonchev–Trinajstić information content (AvgIpc) is 3.51. The van der Waals surface area contributed by atoms with Crippen LogP contribution in [-0.4, -0.2) is 24.3 Å². The lowest BCUT2D eigenvalue weighted by Gasteiger charge is -2.32. The number of hydrogen-bond donors (Lipinski definition) is 1. The van der Waals surface area contributed by atoms with E-state index in [1.54, 1.807) is 33.8 Å². The molecule has 3 aromatic heterocycles. The number of fused-ring (bicyclic) bond motifs is 1. The lowest BCUT2D eigenvalue weighted by molar-refractivity contribution is 0.467. The highest BCUT2D eigenvalue weighted by atomic mass is 16.1. The van der Waals surface area contributed by atoms with Crippen molar-refractivity contribution in [2.75, 3.05) is 5.32 Å². The molecule has 0 aliphatic carbocycles.